The highest BCUT2D eigenvalue weighted by molar-refractivity contribution is 5.84. The molecule has 0 unspecified atom stereocenters. The molecule has 2 aromatic rings. The molecule has 0 radical (unpaired) electrons. The third kappa shape index (κ3) is 1.23. The van der Waals surface area contributed by atoms with Crippen molar-refractivity contribution in [3.63, 3.8) is 0 Å². The fourth-order valence-corrected chi connectivity index (χ4v) is 1.65. The van der Waals surface area contributed by atoms with Gasteiger partial charge in [0.25, 0.3) is 5.69 Å². The van der Waals surface area contributed by atoms with Gasteiger partial charge in [-0.3, -0.25) is 0 Å². The van der Waals surface area contributed by atoms with Crippen LogP contribution in [0, 0.1) is 11.3 Å². The van der Waals surface area contributed by atoms with E-state index < -0.39 is 0 Å². The Morgan fingerprint density at radius 3 is 2.79 bits per heavy atom. The highest BCUT2D eigenvalue weighted by atomic mass is 14.9. The molecule has 0 N–H and O–H groups in total. The van der Waals surface area contributed by atoms with Crippen LogP contribution in [0.4, 0.5) is 0 Å². The molecule has 2 nitrogen and oxygen atoms in total. The SMILES string of the molecule is CC[n+]1ccc2ccccc2c1C#N. The van der Waals surface area contributed by atoms with Crippen molar-refractivity contribution in [3.8, 4) is 6.07 Å². The lowest BCUT2D eigenvalue weighted by molar-refractivity contribution is -0.694. The average Bonchev–Trinajstić information content (AvgIpc) is 2.27. The van der Waals surface area contributed by atoms with Gasteiger partial charge in [-0.05, 0) is 18.4 Å². The molecule has 2 heteroatoms. The second-order valence-corrected chi connectivity index (χ2v) is 3.15. The molecule has 1 aromatic carbocycles. The Kier molecular flexibility index (Phi) is 2.16. The van der Waals surface area contributed by atoms with E-state index in [1.165, 1.54) is 0 Å². The first-order chi connectivity index (χ1) is 6.86. The number of nitrogens with zero attached hydrogens (tertiary/aromatic N) is 2. The molecule has 0 aliphatic heterocycles. The maximum atomic E-state index is 9.08. The summed E-state index contributed by atoms with van der Waals surface area (Å²) in [6, 6.07) is 12.3. The molecule has 0 saturated heterocycles. The summed E-state index contributed by atoms with van der Waals surface area (Å²) < 4.78 is 1.96. The van der Waals surface area contributed by atoms with E-state index >= 15 is 0 Å². The number of aryl methyl sites for hydroxylation is 1. The second kappa shape index (κ2) is 3.47. The molecule has 0 bridgehead atoms. The van der Waals surface area contributed by atoms with Crippen LogP contribution in [0.1, 0.15) is 12.6 Å². The summed E-state index contributed by atoms with van der Waals surface area (Å²) in [7, 11) is 0. The summed E-state index contributed by atoms with van der Waals surface area (Å²) >= 11 is 0. The van der Waals surface area contributed by atoms with Gasteiger partial charge < -0.3 is 0 Å². The van der Waals surface area contributed by atoms with Crippen molar-refractivity contribution in [1.82, 2.24) is 0 Å². The zero-order chi connectivity index (χ0) is 9.97. The molecular formula is C12H11N2+. The van der Waals surface area contributed by atoms with Crippen molar-refractivity contribution in [3.05, 3.63) is 42.2 Å². The monoisotopic (exact) mass is 183 g/mol. The topological polar surface area (TPSA) is 27.7 Å². The average molecular weight is 183 g/mol. The predicted molar refractivity (Wildman–Crippen MR) is 54.5 cm³/mol. The van der Waals surface area contributed by atoms with E-state index in [-0.39, 0.29) is 0 Å². The highest BCUT2D eigenvalue weighted by Crippen LogP contribution is 2.14. The van der Waals surface area contributed by atoms with Crippen molar-refractivity contribution in [1.29, 1.82) is 5.26 Å². The van der Waals surface area contributed by atoms with Crippen molar-refractivity contribution >= 4 is 10.8 Å². The normalized spacial score (nSPS) is 10.0. The number of nitriles is 1. The number of hydrogen-bond acceptors (Lipinski definition) is 1. The Bertz CT molecular complexity index is 509. The van der Waals surface area contributed by atoms with E-state index in [0.717, 1.165) is 23.0 Å². The minimum absolute atomic E-state index is 0.741. The third-order valence-corrected chi connectivity index (χ3v) is 2.38. The minimum Gasteiger partial charge on any atom is -0.189 e. The largest absolute Gasteiger partial charge is 0.291 e. The molecule has 0 aliphatic carbocycles. The van der Waals surface area contributed by atoms with Crippen LogP contribution in [0.2, 0.25) is 0 Å². The molecule has 2 rings (SSSR count). The lowest BCUT2D eigenvalue weighted by Gasteiger charge is -1.99. The fraction of sp³-hybridized carbons (Fsp3) is 0.167. The molecule has 14 heavy (non-hydrogen) atoms. The van der Waals surface area contributed by atoms with Gasteiger partial charge in [-0.2, -0.15) is 9.83 Å². The smallest absolute Gasteiger partial charge is 0.189 e. The van der Waals surface area contributed by atoms with E-state index in [9.17, 15) is 0 Å². The van der Waals surface area contributed by atoms with Crippen LogP contribution >= 0.6 is 0 Å². The summed E-state index contributed by atoms with van der Waals surface area (Å²) in [5.41, 5.74) is 0.741. The minimum atomic E-state index is 0.741. The van der Waals surface area contributed by atoms with Crippen LogP contribution < -0.4 is 4.57 Å². The van der Waals surface area contributed by atoms with Crippen molar-refractivity contribution in [2.24, 2.45) is 0 Å². The summed E-state index contributed by atoms with van der Waals surface area (Å²) in [6.07, 6.45) is 1.96. The van der Waals surface area contributed by atoms with Gasteiger partial charge in [0.15, 0.2) is 12.3 Å². The van der Waals surface area contributed by atoms with Gasteiger partial charge in [0.2, 0.25) is 0 Å². The van der Waals surface area contributed by atoms with Gasteiger partial charge in [0.1, 0.15) is 6.54 Å². The van der Waals surface area contributed by atoms with Gasteiger partial charge in [-0.1, -0.05) is 18.2 Å². The number of rotatable bonds is 1. The molecule has 0 fully saturated rings. The van der Waals surface area contributed by atoms with Crippen LogP contribution in [0.5, 0.6) is 0 Å². The lowest BCUT2D eigenvalue weighted by atomic mass is 10.1. The summed E-state index contributed by atoms with van der Waals surface area (Å²) in [5, 5.41) is 11.2. The van der Waals surface area contributed by atoms with Gasteiger partial charge in [0.05, 0.1) is 5.39 Å². The molecule has 0 saturated carbocycles. The van der Waals surface area contributed by atoms with Gasteiger partial charge in [0, 0.05) is 6.07 Å². The first kappa shape index (κ1) is 8.71. The Labute approximate surface area is 83.0 Å². The third-order valence-electron chi connectivity index (χ3n) is 2.38. The van der Waals surface area contributed by atoms with Crippen LogP contribution in [0.15, 0.2) is 36.5 Å². The quantitative estimate of drug-likeness (QED) is 0.621. The van der Waals surface area contributed by atoms with E-state index in [1.54, 1.807) is 0 Å². The molecule has 0 amide bonds. The summed E-state index contributed by atoms with van der Waals surface area (Å²) in [4.78, 5) is 0. The maximum Gasteiger partial charge on any atom is 0.291 e. The Balaban J connectivity index is 2.85. The molecule has 0 aliphatic rings. The predicted octanol–water partition coefficient (Wildman–Crippen LogP) is 2.02. The summed E-state index contributed by atoms with van der Waals surface area (Å²) in [6.45, 7) is 2.86. The Hall–Kier alpha value is -1.88. The van der Waals surface area contributed by atoms with Crippen molar-refractivity contribution < 1.29 is 4.57 Å². The number of aromatic nitrogens is 1. The molecule has 1 heterocycles. The standard InChI is InChI=1S/C12H11N2/c1-2-14-8-7-10-5-3-4-6-11(10)12(14)9-13/h3-8H,2H2,1H3/q+1. The van der Waals surface area contributed by atoms with Gasteiger partial charge in [-0.25, -0.2) is 0 Å². The first-order valence-corrected chi connectivity index (χ1v) is 4.68. The molecule has 68 valence electrons. The summed E-state index contributed by atoms with van der Waals surface area (Å²) in [5.74, 6) is 0. The zero-order valence-corrected chi connectivity index (χ0v) is 8.07. The second-order valence-electron chi connectivity index (χ2n) is 3.15. The van der Waals surface area contributed by atoms with E-state index in [1.807, 2.05) is 48.0 Å². The zero-order valence-electron chi connectivity index (χ0n) is 8.07. The van der Waals surface area contributed by atoms with Crippen LogP contribution in [-0.4, -0.2) is 0 Å². The number of fused-ring (bicyclic) bond motifs is 1. The molecule has 0 spiro atoms. The fourth-order valence-electron chi connectivity index (χ4n) is 1.65. The maximum absolute atomic E-state index is 9.08. The lowest BCUT2D eigenvalue weighted by Crippen LogP contribution is -2.35. The molecule has 0 atom stereocenters. The number of pyridine rings is 1. The highest BCUT2D eigenvalue weighted by Gasteiger charge is 2.11. The Morgan fingerprint density at radius 2 is 2.07 bits per heavy atom. The first-order valence-electron chi connectivity index (χ1n) is 4.68. The number of benzene rings is 1. The van der Waals surface area contributed by atoms with Crippen LogP contribution in [-0.2, 0) is 6.54 Å². The number of hydrogen-bond donors (Lipinski definition) is 0. The van der Waals surface area contributed by atoms with Gasteiger partial charge in [-0.15, -0.1) is 0 Å². The Morgan fingerprint density at radius 1 is 1.29 bits per heavy atom. The van der Waals surface area contributed by atoms with Crippen LogP contribution in [0.25, 0.3) is 10.8 Å². The van der Waals surface area contributed by atoms with Crippen molar-refractivity contribution in [2.75, 3.05) is 0 Å². The molecule has 1 aromatic heterocycles. The van der Waals surface area contributed by atoms with E-state index in [4.69, 9.17) is 5.26 Å². The van der Waals surface area contributed by atoms with Crippen LogP contribution in [0.3, 0.4) is 0 Å². The van der Waals surface area contributed by atoms with E-state index in [2.05, 4.69) is 6.07 Å². The van der Waals surface area contributed by atoms with Crippen molar-refractivity contribution in [2.45, 2.75) is 13.5 Å². The van der Waals surface area contributed by atoms with Gasteiger partial charge >= 0.3 is 0 Å². The van der Waals surface area contributed by atoms with E-state index in [0.29, 0.717) is 0 Å². The molecular weight excluding hydrogens is 172 g/mol.